The number of benzene rings is 2. The van der Waals surface area contributed by atoms with Crippen molar-refractivity contribution in [3.8, 4) is 16.9 Å². The molecule has 0 atom stereocenters. The fourth-order valence-electron chi connectivity index (χ4n) is 3.11. The third kappa shape index (κ3) is 3.52. The van der Waals surface area contributed by atoms with E-state index >= 15 is 0 Å². The molecule has 0 aliphatic heterocycles. The van der Waals surface area contributed by atoms with Crippen molar-refractivity contribution in [2.75, 3.05) is 31.0 Å². The van der Waals surface area contributed by atoms with E-state index in [0.29, 0.717) is 10.9 Å². The van der Waals surface area contributed by atoms with Gasteiger partial charge in [0.05, 0.1) is 11.8 Å². The standard InChI is InChI=1S/C22H20N4O2S/c1-25(16-11-13-23-14-12-16)22(27)26(2)21-24-19-18(28-3)10-9-17(20(19)29-21)15-7-5-4-6-8-15/h4-14H,1-3H3. The molecule has 0 unspecified atom stereocenters. The number of pyridine rings is 1. The van der Waals surface area contributed by atoms with E-state index in [4.69, 9.17) is 9.72 Å². The molecule has 4 rings (SSSR count). The van der Waals surface area contributed by atoms with Crippen LogP contribution in [0.25, 0.3) is 21.3 Å². The molecule has 2 aromatic carbocycles. The number of fused-ring (bicyclic) bond motifs is 1. The number of thiazole rings is 1. The number of nitrogens with zero attached hydrogens (tertiary/aromatic N) is 4. The molecule has 146 valence electrons. The molecular formula is C22H20N4O2S. The molecule has 0 fully saturated rings. The lowest BCUT2D eigenvalue weighted by atomic mass is 10.1. The van der Waals surface area contributed by atoms with Gasteiger partial charge in [0.1, 0.15) is 11.3 Å². The van der Waals surface area contributed by atoms with Gasteiger partial charge < -0.3 is 4.74 Å². The van der Waals surface area contributed by atoms with Crippen LogP contribution < -0.4 is 14.5 Å². The topological polar surface area (TPSA) is 58.6 Å². The van der Waals surface area contributed by atoms with Gasteiger partial charge in [-0.3, -0.25) is 14.8 Å². The van der Waals surface area contributed by atoms with Crippen LogP contribution in [0, 0.1) is 0 Å². The molecule has 0 aliphatic rings. The second-order valence-corrected chi connectivity index (χ2v) is 7.44. The van der Waals surface area contributed by atoms with Gasteiger partial charge in [0.25, 0.3) is 0 Å². The lowest BCUT2D eigenvalue weighted by molar-refractivity contribution is 0.253. The average Bonchev–Trinajstić information content (AvgIpc) is 3.23. The third-order valence-electron chi connectivity index (χ3n) is 4.71. The summed E-state index contributed by atoms with van der Waals surface area (Å²) in [6, 6.07) is 17.5. The Labute approximate surface area is 173 Å². The Kier molecular flexibility index (Phi) is 5.14. The molecule has 0 radical (unpaired) electrons. The van der Waals surface area contributed by atoms with Crippen LogP contribution in [0.4, 0.5) is 15.6 Å². The highest BCUT2D eigenvalue weighted by Crippen LogP contribution is 2.40. The molecule has 0 saturated carbocycles. The predicted molar refractivity (Wildman–Crippen MR) is 118 cm³/mol. The zero-order valence-corrected chi connectivity index (χ0v) is 17.2. The van der Waals surface area contributed by atoms with Gasteiger partial charge in [-0.1, -0.05) is 41.7 Å². The Morgan fingerprint density at radius 3 is 2.38 bits per heavy atom. The summed E-state index contributed by atoms with van der Waals surface area (Å²) < 4.78 is 6.50. The van der Waals surface area contributed by atoms with E-state index in [1.807, 2.05) is 30.3 Å². The molecular weight excluding hydrogens is 384 g/mol. The number of anilines is 2. The van der Waals surface area contributed by atoms with Gasteiger partial charge >= 0.3 is 6.03 Å². The van der Waals surface area contributed by atoms with Crippen molar-refractivity contribution >= 4 is 38.4 Å². The molecule has 7 heteroatoms. The SMILES string of the molecule is COc1ccc(-c2ccccc2)c2sc(N(C)C(=O)N(C)c3ccncc3)nc12. The monoisotopic (exact) mass is 404 g/mol. The smallest absolute Gasteiger partial charge is 0.330 e. The molecule has 0 aliphatic carbocycles. The first kappa shape index (κ1) is 18.9. The molecule has 2 amide bonds. The van der Waals surface area contributed by atoms with Crippen molar-refractivity contribution < 1.29 is 9.53 Å². The predicted octanol–water partition coefficient (Wildman–Crippen LogP) is 5.06. The van der Waals surface area contributed by atoms with Crippen LogP contribution in [-0.4, -0.2) is 37.2 Å². The Bertz CT molecular complexity index is 1150. The Morgan fingerprint density at radius 2 is 1.69 bits per heavy atom. The maximum atomic E-state index is 13.0. The molecule has 2 heterocycles. The number of ether oxygens (including phenoxy) is 1. The number of urea groups is 1. The van der Waals surface area contributed by atoms with E-state index in [1.54, 1.807) is 55.5 Å². The maximum absolute atomic E-state index is 13.0. The van der Waals surface area contributed by atoms with Crippen molar-refractivity contribution in [1.82, 2.24) is 9.97 Å². The number of carbonyl (C=O) groups is 1. The highest BCUT2D eigenvalue weighted by Gasteiger charge is 2.22. The molecule has 0 saturated heterocycles. The minimum absolute atomic E-state index is 0.185. The van der Waals surface area contributed by atoms with Gasteiger partial charge in [-0.2, -0.15) is 0 Å². The van der Waals surface area contributed by atoms with Crippen molar-refractivity contribution in [3.63, 3.8) is 0 Å². The number of amides is 2. The lowest BCUT2D eigenvalue weighted by Crippen LogP contribution is -2.38. The van der Waals surface area contributed by atoms with Gasteiger partial charge in [0.15, 0.2) is 5.13 Å². The summed E-state index contributed by atoms with van der Waals surface area (Å²) in [5.74, 6) is 0.686. The van der Waals surface area contributed by atoms with Gasteiger partial charge in [0, 0.05) is 37.7 Å². The van der Waals surface area contributed by atoms with Crippen molar-refractivity contribution in [2.45, 2.75) is 0 Å². The quantitative estimate of drug-likeness (QED) is 0.477. The zero-order chi connectivity index (χ0) is 20.4. The molecule has 4 aromatic rings. The molecule has 6 nitrogen and oxygen atoms in total. The number of hydrogen-bond donors (Lipinski definition) is 0. The van der Waals surface area contributed by atoms with Crippen LogP contribution in [0.1, 0.15) is 0 Å². The minimum atomic E-state index is -0.185. The largest absolute Gasteiger partial charge is 0.494 e. The Hall–Kier alpha value is -3.45. The van der Waals surface area contributed by atoms with Crippen LogP contribution in [0.3, 0.4) is 0 Å². The number of aromatic nitrogens is 2. The van der Waals surface area contributed by atoms with Crippen molar-refractivity contribution in [1.29, 1.82) is 0 Å². The molecule has 0 N–H and O–H groups in total. The van der Waals surface area contributed by atoms with E-state index in [2.05, 4.69) is 17.1 Å². The normalized spacial score (nSPS) is 10.7. The highest BCUT2D eigenvalue weighted by atomic mass is 32.1. The van der Waals surface area contributed by atoms with Crippen LogP contribution in [0.5, 0.6) is 5.75 Å². The molecule has 0 spiro atoms. The number of rotatable bonds is 4. The minimum Gasteiger partial charge on any atom is -0.494 e. The van der Waals surface area contributed by atoms with Crippen LogP contribution in [-0.2, 0) is 0 Å². The summed E-state index contributed by atoms with van der Waals surface area (Å²) in [5, 5.41) is 0.604. The highest BCUT2D eigenvalue weighted by molar-refractivity contribution is 7.23. The first-order valence-corrected chi connectivity index (χ1v) is 9.86. The fraction of sp³-hybridized carbons (Fsp3) is 0.136. The van der Waals surface area contributed by atoms with Crippen LogP contribution in [0.15, 0.2) is 67.0 Å². The van der Waals surface area contributed by atoms with E-state index < -0.39 is 0 Å². The van der Waals surface area contributed by atoms with Crippen LogP contribution >= 0.6 is 11.3 Å². The van der Waals surface area contributed by atoms with E-state index in [0.717, 1.165) is 27.0 Å². The van der Waals surface area contributed by atoms with Gasteiger partial charge in [-0.15, -0.1) is 0 Å². The number of methoxy groups -OCH3 is 1. The van der Waals surface area contributed by atoms with Gasteiger partial charge in [-0.05, 0) is 29.8 Å². The molecule has 29 heavy (non-hydrogen) atoms. The second kappa shape index (κ2) is 7.89. The summed E-state index contributed by atoms with van der Waals surface area (Å²) in [6.45, 7) is 0. The maximum Gasteiger partial charge on any atom is 0.330 e. The van der Waals surface area contributed by atoms with Crippen LogP contribution in [0.2, 0.25) is 0 Å². The zero-order valence-electron chi connectivity index (χ0n) is 16.4. The summed E-state index contributed by atoms with van der Waals surface area (Å²) in [4.78, 5) is 24.9. The first-order chi connectivity index (χ1) is 14.1. The third-order valence-corrected chi connectivity index (χ3v) is 5.88. The van der Waals surface area contributed by atoms with Gasteiger partial charge in [0.2, 0.25) is 0 Å². The summed E-state index contributed by atoms with van der Waals surface area (Å²) >= 11 is 1.47. The molecule has 0 bridgehead atoms. The number of hydrogen-bond acceptors (Lipinski definition) is 5. The van der Waals surface area contributed by atoms with Crippen molar-refractivity contribution in [2.24, 2.45) is 0 Å². The van der Waals surface area contributed by atoms with Crippen molar-refractivity contribution in [3.05, 3.63) is 67.0 Å². The lowest BCUT2D eigenvalue weighted by Gasteiger charge is -2.22. The first-order valence-electron chi connectivity index (χ1n) is 9.04. The Morgan fingerprint density at radius 1 is 0.966 bits per heavy atom. The summed E-state index contributed by atoms with van der Waals surface area (Å²) in [6.07, 6.45) is 3.32. The van der Waals surface area contributed by atoms with E-state index in [1.165, 1.54) is 11.3 Å². The van der Waals surface area contributed by atoms with Gasteiger partial charge in [-0.25, -0.2) is 9.78 Å². The van der Waals surface area contributed by atoms with E-state index in [9.17, 15) is 4.79 Å². The average molecular weight is 404 g/mol. The summed E-state index contributed by atoms with van der Waals surface area (Å²) in [5.41, 5.74) is 3.67. The summed E-state index contributed by atoms with van der Waals surface area (Å²) in [7, 11) is 5.09. The Balaban J connectivity index is 1.75. The molecule has 2 aromatic heterocycles. The van der Waals surface area contributed by atoms with E-state index in [-0.39, 0.29) is 6.03 Å². The number of carbonyl (C=O) groups excluding carboxylic acids is 1. The second-order valence-electron chi connectivity index (χ2n) is 6.46. The fourth-order valence-corrected chi connectivity index (χ4v) is 4.18.